The van der Waals surface area contributed by atoms with E-state index in [0.717, 1.165) is 16.9 Å². The number of ether oxygens (including phenoxy) is 1. The minimum atomic E-state index is 0.188. The van der Waals surface area contributed by atoms with Crippen LogP contribution in [0.1, 0.15) is 68.4 Å². The van der Waals surface area contributed by atoms with Crippen molar-refractivity contribution in [1.82, 2.24) is 4.90 Å². The highest BCUT2D eigenvalue weighted by Gasteiger charge is 2.37. The highest BCUT2D eigenvalue weighted by atomic mass is 32.1. The monoisotopic (exact) mass is 407 g/mol. The van der Waals surface area contributed by atoms with Gasteiger partial charge in [-0.1, -0.05) is 58.5 Å². The van der Waals surface area contributed by atoms with Gasteiger partial charge in [0.1, 0.15) is 5.75 Å². The lowest BCUT2D eigenvalue weighted by Crippen LogP contribution is -2.34. The molecule has 0 aromatic heterocycles. The number of nitrogens with zero attached hydrogens (tertiary/aromatic N) is 1. The van der Waals surface area contributed by atoms with Crippen LogP contribution < -0.4 is 4.74 Å². The average Bonchev–Trinajstić information content (AvgIpc) is 2.65. The molecule has 0 bridgehead atoms. The zero-order valence-electron chi connectivity index (χ0n) is 18.8. The van der Waals surface area contributed by atoms with Crippen LogP contribution in [0.15, 0.2) is 43.0 Å². The van der Waals surface area contributed by atoms with Crippen LogP contribution in [0.3, 0.4) is 0 Å². The molecule has 29 heavy (non-hydrogen) atoms. The first-order valence-electron chi connectivity index (χ1n) is 10.3. The third-order valence-corrected chi connectivity index (χ3v) is 6.74. The summed E-state index contributed by atoms with van der Waals surface area (Å²) in [6.07, 6.45) is 2.43. The molecular weight excluding hydrogens is 374 g/mol. The highest BCUT2D eigenvalue weighted by molar-refractivity contribution is 7.80. The van der Waals surface area contributed by atoms with Crippen molar-refractivity contribution in [1.29, 1.82) is 0 Å². The van der Waals surface area contributed by atoms with Crippen LogP contribution >= 0.6 is 12.2 Å². The van der Waals surface area contributed by atoms with Gasteiger partial charge >= 0.3 is 0 Å². The maximum atomic E-state index is 5.69. The predicted octanol–water partition coefficient (Wildman–Crippen LogP) is 6.63. The van der Waals surface area contributed by atoms with Crippen molar-refractivity contribution in [2.45, 2.75) is 58.3 Å². The summed E-state index contributed by atoms with van der Waals surface area (Å²) in [5.41, 5.74) is 8.03. The summed E-state index contributed by atoms with van der Waals surface area (Å²) in [6.45, 7) is 16.1. The Morgan fingerprint density at radius 2 is 1.48 bits per heavy atom. The number of aryl methyl sites for hydroxylation is 1. The van der Waals surface area contributed by atoms with Crippen molar-refractivity contribution >= 4 is 23.0 Å². The molecule has 0 radical (unpaired) electrons. The minimum Gasteiger partial charge on any atom is -0.432 e. The van der Waals surface area contributed by atoms with E-state index in [1.54, 1.807) is 4.90 Å². The first-order chi connectivity index (χ1) is 13.4. The van der Waals surface area contributed by atoms with Crippen molar-refractivity contribution in [3.8, 4) is 5.75 Å². The van der Waals surface area contributed by atoms with E-state index in [1.807, 2.05) is 26.2 Å². The van der Waals surface area contributed by atoms with Gasteiger partial charge in [-0.05, 0) is 88.3 Å². The molecule has 0 aliphatic heterocycles. The normalized spacial score (nSPS) is 16.7. The first-order valence-corrected chi connectivity index (χ1v) is 10.7. The molecule has 0 unspecified atom stereocenters. The molecule has 0 N–H and O–H groups in total. The molecule has 1 aliphatic carbocycles. The van der Waals surface area contributed by atoms with E-state index in [1.165, 1.54) is 35.1 Å². The summed E-state index contributed by atoms with van der Waals surface area (Å²) in [6, 6.07) is 12.8. The largest absolute Gasteiger partial charge is 0.432 e. The predicted molar refractivity (Wildman–Crippen MR) is 128 cm³/mol. The molecule has 3 heteroatoms. The van der Waals surface area contributed by atoms with Crippen molar-refractivity contribution in [3.05, 3.63) is 70.8 Å². The van der Waals surface area contributed by atoms with E-state index in [0.29, 0.717) is 5.17 Å². The summed E-state index contributed by atoms with van der Waals surface area (Å²) >= 11 is 5.22. The van der Waals surface area contributed by atoms with Crippen LogP contribution in [0.2, 0.25) is 0 Å². The third kappa shape index (κ3) is 4.25. The molecule has 2 aromatic rings. The van der Waals surface area contributed by atoms with Gasteiger partial charge in [0.25, 0.3) is 5.17 Å². The number of hydrogen-bond donors (Lipinski definition) is 0. The molecule has 0 amide bonds. The molecule has 3 rings (SSSR count). The van der Waals surface area contributed by atoms with E-state index >= 15 is 0 Å². The maximum Gasteiger partial charge on any atom is 0.264 e. The second-order valence-corrected chi connectivity index (χ2v) is 10.1. The van der Waals surface area contributed by atoms with Gasteiger partial charge in [-0.15, -0.1) is 0 Å². The van der Waals surface area contributed by atoms with Gasteiger partial charge < -0.3 is 9.64 Å². The summed E-state index contributed by atoms with van der Waals surface area (Å²) < 4.78 is 5.69. The van der Waals surface area contributed by atoms with E-state index in [2.05, 4.69) is 65.5 Å². The molecular formula is C26H33NOS. The van der Waals surface area contributed by atoms with Crippen LogP contribution in [0.25, 0.3) is 5.57 Å². The van der Waals surface area contributed by atoms with Crippen molar-refractivity contribution in [3.63, 3.8) is 0 Å². The lowest BCUT2D eigenvalue weighted by Gasteiger charge is -2.42. The van der Waals surface area contributed by atoms with Gasteiger partial charge in [0, 0.05) is 14.1 Å². The Kier molecular flexibility index (Phi) is 5.66. The van der Waals surface area contributed by atoms with Crippen LogP contribution in [-0.2, 0) is 10.8 Å². The average molecular weight is 408 g/mol. The molecule has 154 valence electrons. The van der Waals surface area contributed by atoms with Gasteiger partial charge in [0.15, 0.2) is 0 Å². The lowest BCUT2D eigenvalue weighted by atomic mass is 9.62. The molecule has 0 fully saturated rings. The van der Waals surface area contributed by atoms with Crippen LogP contribution in [-0.4, -0.2) is 24.2 Å². The molecule has 2 aromatic carbocycles. The zero-order chi connectivity index (χ0) is 21.6. The van der Waals surface area contributed by atoms with Crippen molar-refractivity contribution in [2.24, 2.45) is 0 Å². The molecule has 0 saturated heterocycles. The fraction of sp³-hybridized carbons (Fsp3) is 0.423. The first kappa shape index (κ1) is 21.6. The Bertz CT molecular complexity index is 951. The highest BCUT2D eigenvalue weighted by Crippen LogP contribution is 2.47. The molecule has 0 heterocycles. The van der Waals surface area contributed by atoms with Gasteiger partial charge in [0.2, 0.25) is 0 Å². The van der Waals surface area contributed by atoms with Crippen molar-refractivity contribution < 1.29 is 4.74 Å². The number of benzene rings is 2. The second kappa shape index (κ2) is 7.60. The quantitative estimate of drug-likeness (QED) is 0.530. The van der Waals surface area contributed by atoms with Gasteiger partial charge in [0.05, 0.1) is 0 Å². The lowest BCUT2D eigenvalue weighted by molar-refractivity contribution is 0.331. The van der Waals surface area contributed by atoms with Gasteiger partial charge in [-0.2, -0.15) is 0 Å². The smallest absolute Gasteiger partial charge is 0.264 e. The summed E-state index contributed by atoms with van der Waals surface area (Å²) in [5, 5.41) is 0.451. The number of fused-ring (bicyclic) bond motifs is 1. The molecule has 1 aliphatic rings. The third-order valence-electron chi connectivity index (χ3n) is 6.30. The summed E-state index contributed by atoms with van der Waals surface area (Å²) in [7, 11) is 3.75. The number of rotatable bonds is 3. The Morgan fingerprint density at radius 3 is 2.00 bits per heavy atom. The van der Waals surface area contributed by atoms with E-state index in [-0.39, 0.29) is 10.8 Å². The molecule has 0 spiro atoms. The Hall–Kier alpha value is -2.13. The molecule has 0 atom stereocenters. The fourth-order valence-corrected chi connectivity index (χ4v) is 4.22. The van der Waals surface area contributed by atoms with E-state index in [4.69, 9.17) is 17.0 Å². The Labute approximate surface area is 181 Å². The Morgan fingerprint density at radius 1 is 0.966 bits per heavy atom. The summed E-state index contributed by atoms with van der Waals surface area (Å²) in [5.74, 6) is 0.741. The van der Waals surface area contributed by atoms with Crippen LogP contribution in [0, 0.1) is 6.92 Å². The fourth-order valence-electron chi connectivity index (χ4n) is 4.12. The maximum absolute atomic E-state index is 5.69. The minimum absolute atomic E-state index is 0.188. The van der Waals surface area contributed by atoms with E-state index < -0.39 is 0 Å². The van der Waals surface area contributed by atoms with Crippen LogP contribution in [0.4, 0.5) is 0 Å². The zero-order valence-corrected chi connectivity index (χ0v) is 19.7. The standard InChI is InChI=1S/C26H33NOS/c1-17-15-22-23(26(5,6)14-13-25(22,3)4)16-21(17)18(2)19-9-11-20(12-10-19)28-24(29)27(7)8/h9-12,15-16H,2,13-14H2,1,3-8H3. The topological polar surface area (TPSA) is 12.5 Å². The number of hydrogen-bond acceptors (Lipinski definition) is 2. The Balaban J connectivity index is 1.95. The summed E-state index contributed by atoms with van der Waals surface area (Å²) in [4.78, 5) is 1.78. The second-order valence-electron chi connectivity index (χ2n) is 9.75. The van der Waals surface area contributed by atoms with E-state index in [9.17, 15) is 0 Å². The number of thiocarbonyl (C=S) groups is 1. The molecule has 2 nitrogen and oxygen atoms in total. The van der Waals surface area contributed by atoms with Gasteiger partial charge in [-0.25, -0.2) is 0 Å². The van der Waals surface area contributed by atoms with Gasteiger partial charge in [-0.3, -0.25) is 0 Å². The van der Waals surface area contributed by atoms with Crippen LogP contribution in [0.5, 0.6) is 5.75 Å². The SMILES string of the molecule is C=C(c1ccc(OC(=S)N(C)C)cc1)c1cc2c(cc1C)C(C)(C)CCC2(C)C. The van der Waals surface area contributed by atoms with Crippen molar-refractivity contribution in [2.75, 3.05) is 14.1 Å². The molecule has 0 saturated carbocycles.